The molecular formula is C26H27FN4O2. The lowest BCUT2D eigenvalue weighted by Gasteiger charge is -2.40. The highest BCUT2D eigenvalue weighted by atomic mass is 19.1. The Bertz CT molecular complexity index is 1130. The molecule has 3 aromatic rings. The van der Waals surface area contributed by atoms with E-state index in [1.807, 2.05) is 43.0 Å². The SMILES string of the molecule is CCCN1CCN(C(=O)c2cnc(C)cn2)[C@@H](Cc2ccccc2-c2ccc(F)cc2)C1=O. The third-order valence-electron chi connectivity index (χ3n) is 5.92. The summed E-state index contributed by atoms with van der Waals surface area (Å²) in [5.74, 6) is -0.661. The van der Waals surface area contributed by atoms with Crippen LogP contribution in [-0.2, 0) is 11.2 Å². The lowest BCUT2D eigenvalue weighted by molar-refractivity contribution is -0.140. The van der Waals surface area contributed by atoms with Crippen molar-refractivity contribution < 1.29 is 14.0 Å². The summed E-state index contributed by atoms with van der Waals surface area (Å²) in [5, 5.41) is 0. The van der Waals surface area contributed by atoms with E-state index in [0.717, 1.165) is 28.8 Å². The highest BCUT2D eigenvalue weighted by Crippen LogP contribution is 2.27. The highest BCUT2D eigenvalue weighted by molar-refractivity contribution is 5.97. The van der Waals surface area contributed by atoms with Crippen molar-refractivity contribution >= 4 is 11.8 Å². The number of amides is 2. The maximum Gasteiger partial charge on any atom is 0.274 e. The summed E-state index contributed by atoms with van der Waals surface area (Å²) in [6.45, 7) is 5.42. The lowest BCUT2D eigenvalue weighted by atomic mass is 9.93. The van der Waals surface area contributed by atoms with Crippen molar-refractivity contribution in [2.45, 2.75) is 32.7 Å². The van der Waals surface area contributed by atoms with Gasteiger partial charge in [0.2, 0.25) is 5.91 Å². The first kappa shape index (κ1) is 22.6. The molecule has 2 amide bonds. The molecule has 0 saturated carbocycles. The first-order valence-corrected chi connectivity index (χ1v) is 11.2. The molecule has 2 heterocycles. The van der Waals surface area contributed by atoms with Gasteiger partial charge < -0.3 is 9.80 Å². The Morgan fingerprint density at radius 3 is 2.52 bits per heavy atom. The maximum absolute atomic E-state index is 13.5. The summed E-state index contributed by atoms with van der Waals surface area (Å²) in [4.78, 5) is 38.7. The van der Waals surface area contributed by atoms with Gasteiger partial charge in [-0.15, -0.1) is 0 Å². The van der Waals surface area contributed by atoms with Gasteiger partial charge in [0.05, 0.1) is 11.9 Å². The van der Waals surface area contributed by atoms with Crippen LogP contribution < -0.4 is 0 Å². The lowest BCUT2D eigenvalue weighted by Crippen LogP contribution is -2.59. The molecule has 170 valence electrons. The van der Waals surface area contributed by atoms with Crippen LogP contribution in [0.5, 0.6) is 0 Å². The van der Waals surface area contributed by atoms with Crippen LogP contribution in [0.1, 0.15) is 35.1 Å². The summed E-state index contributed by atoms with van der Waals surface area (Å²) >= 11 is 0. The van der Waals surface area contributed by atoms with Crippen LogP contribution in [0.4, 0.5) is 4.39 Å². The van der Waals surface area contributed by atoms with Gasteiger partial charge in [-0.25, -0.2) is 9.37 Å². The van der Waals surface area contributed by atoms with E-state index in [9.17, 15) is 14.0 Å². The molecule has 1 saturated heterocycles. The molecular weight excluding hydrogens is 419 g/mol. The van der Waals surface area contributed by atoms with Crippen LogP contribution in [0.25, 0.3) is 11.1 Å². The van der Waals surface area contributed by atoms with Gasteiger partial charge in [0.25, 0.3) is 5.91 Å². The quantitative estimate of drug-likeness (QED) is 0.576. The normalized spacial score (nSPS) is 16.2. The molecule has 0 spiro atoms. The molecule has 0 N–H and O–H groups in total. The van der Waals surface area contributed by atoms with Crippen molar-refractivity contribution in [2.75, 3.05) is 19.6 Å². The van der Waals surface area contributed by atoms with Crippen molar-refractivity contribution in [2.24, 2.45) is 0 Å². The van der Waals surface area contributed by atoms with Gasteiger partial charge in [0.15, 0.2) is 0 Å². The fraction of sp³-hybridized carbons (Fsp3) is 0.308. The van der Waals surface area contributed by atoms with Crippen molar-refractivity contribution in [1.29, 1.82) is 0 Å². The van der Waals surface area contributed by atoms with Crippen LogP contribution >= 0.6 is 0 Å². The second-order valence-corrected chi connectivity index (χ2v) is 8.25. The fourth-order valence-corrected chi connectivity index (χ4v) is 4.24. The molecule has 4 rings (SSSR count). The van der Waals surface area contributed by atoms with E-state index in [-0.39, 0.29) is 23.3 Å². The molecule has 0 bridgehead atoms. The van der Waals surface area contributed by atoms with E-state index in [4.69, 9.17) is 0 Å². The van der Waals surface area contributed by atoms with E-state index < -0.39 is 6.04 Å². The third kappa shape index (κ3) is 4.92. The Labute approximate surface area is 193 Å². The van der Waals surface area contributed by atoms with E-state index in [0.29, 0.717) is 26.1 Å². The number of carbonyl (C=O) groups is 2. The van der Waals surface area contributed by atoms with Crippen molar-refractivity contribution in [3.05, 3.63) is 83.7 Å². The zero-order valence-electron chi connectivity index (χ0n) is 18.9. The van der Waals surface area contributed by atoms with Crippen LogP contribution in [0.3, 0.4) is 0 Å². The van der Waals surface area contributed by atoms with Crippen LogP contribution in [0, 0.1) is 12.7 Å². The first-order chi connectivity index (χ1) is 16.0. The van der Waals surface area contributed by atoms with Gasteiger partial charge in [-0.1, -0.05) is 43.3 Å². The van der Waals surface area contributed by atoms with Crippen molar-refractivity contribution in [3.8, 4) is 11.1 Å². The van der Waals surface area contributed by atoms with E-state index in [1.54, 1.807) is 23.2 Å². The van der Waals surface area contributed by atoms with Gasteiger partial charge in [0, 0.05) is 32.3 Å². The number of aromatic nitrogens is 2. The van der Waals surface area contributed by atoms with Gasteiger partial charge in [-0.05, 0) is 42.2 Å². The summed E-state index contributed by atoms with van der Waals surface area (Å²) in [6.07, 6.45) is 4.23. The standard InChI is InChI=1S/C26H27FN4O2/c1-3-12-30-13-14-31(25(32)23-17-28-18(2)16-29-23)24(26(30)33)15-20-6-4-5-7-22(20)19-8-10-21(27)11-9-19/h4-11,16-17,24H,3,12-15H2,1-2H3/t24-/m0/s1. The second kappa shape index (κ2) is 9.90. The Morgan fingerprint density at radius 1 is 1.06 bits per heavy atom. The predicted molar refractivity (Wildman–Crippen MR) is 124 cm³/mol. The van der Waals surface area contributed by atoms with Gasteiger partial charge in [0.1, 0.15) is 17.6 Å². The average Bonchev–Trinajstić information content (AvgIpc) is 2.83. The molecule has 0 aliphatic carbocycles. The topological polar surface area (TPSA) is 66.4 Å². The molecule has 1 aliphatic rings. The Hall–Kier alpha value is -3.61. The number of aryl methyl sites for hydroxylation is 1. The Morgan fingerprint density at radius 2 is 1.82 bits per heavy atom. The minimum atomic E-state index is -0.650. The minimum absolute atomic E-state index is 0.0644. The first-order valence-electron chi connectivity index (χ1n) is 11.2. The molecule has 1 aliphatic heterocycles. The smallest absolute Gasteiger partial charge is 0.274 e. The number of nitrogens with zero attached hydrogens (tertiary/aromatic N) is 4. The number of hydrogen-bond acceptors (Lipinski definition) is 4. The van der Waals surface area contributed by atoms with E-state index in [1.165, 1.54) is 18.3 Å². The number of rotatable bonds is 6. The highest BCUT2D eigenvalue weighted by Gasteiger charge is 2.38. The molecule has 2 aromatic carbocycles. The zero-order valence-corrected chi connectivity index (χ0v) is 18.9. The molecule has 1 fully saturated rings. The summed E-state index contributed by atoms with van der Waals surface area (Å²) in [6, 6.07) is 13.4. The number of carbonyl (C=O) groups excluding carboxylic acids is 2. The summed E-state index contributed by atoms with van der Waals surface area (Å²) in [5.41, 5.74) is 3.66. The van der Waals surface area contributed by atoms with Crippen LogP contribution in [-0.4, -0.2) is 57.3 Å². The Balaban J connectivity index is 1.68. The van der Waals surface area contributed by atoms with Crippen molar-refractivity contribution in [1.82, 2.24) is 19.8 Å². The van der Waals surface area contributed by atoms with Crippen LogP contribution in [0.2, 0.25) is 0 Å². The third-order valence-corrected chi connectivity index (χ3v) is 5.92. The number of halogens is 1. The Kier molecular flexibility index (Phi) is 6.77. The molecule has 1 atom stereocenters. The molecule has 33 heavy (non-hydrogen) atoms. The predicted octanol–water partition coefficient (Wildman–Crippen LogP) is 3.90. The van der Waals surface area contributed by atoms with Gasteiger partial charge >= 0.3 is 0 Å². The molecule has 6 nitrogen and oxygen atoms in total. The molecule has 0 unspecified atom stereocenters. The average molecular weight is 447 g/mol. The fourth-order valence-electron chi connectivity index (χ4n) is 4.24. The van der Waals surface area contributed by atoms with Gasteiger partial charge in [-0.3, -0.25) is 14.6 Å². The summed E-state index contributed by atoms with van der Waals surface area (Å²) < 4.78 is 13.5. The summed E-state index contributed by atoms with van der Waals surface area (Å²) in [7, 11) is 0. The number of piperazine rings is 1. The van der Waals surface area contributed by atoms with Gasteiger partial charge in [-0.2, -0.15) is 0 Å². The molecule has 0 radical (unpaired) electrons. The maximum atomic E-state index is 13.5. The number of hydrogen-bond donors (Lipinski definition) is 0. The molecule has 7 heteroatoms. The molecule has 1 aromatic heterocycles. The van der Waals surface area contributed by atoms with E-state index in [2.05, 4.69) is 9.97 Å². The monoisotopic (exact) mass is 446 g/mol. The second-order valence-electron chi connectivity index (χ2n) is 8.25. The minimum Gasteiger partial charge on any atom is -0.339 e. The largest absolute Gasteiger partial charge is 0.339 e. The van der Waals surface area contributed by atoms with E-state index >= 15 is 0 Å². The van der Waals surface area contributed by atoms with Crippen molar-refractivity contribution in [3.63, 3.8) is 0 Å². The number of benzene rings is 2. The van der Waals surface area contributed by atoms with Crippen LogP contribution in [0.15, 0.2) is 60.9 Å². The zero-order chi connectivity index (χ0) is 23.4.